The molecule has 29 heavy (non-hydrogen) atoms. The average Bonchev–Trinajstić information content (AvgIpc) is 3.25. The first kappa shape index (κ1) is 20.5. The van der Waals surface area contributed by atoms with E-state index in [-0.39, 0.29) is 23.8 Å². The molecule has 148 valence electrons. The predicted octanol–water partition coefficient (Wildman–Crippen LogP) is 3.95. The fourth-order valence-electron chi connectivity index (χ4n) is 2.66. The van der Waals surface area contributed by atoms with Gasteiger partial charge in [0.05, 0.1) is 17.5 Å². The van der Waals surface area contributed by atoms with Crippen molar-refractivity contribution in [2.75, 3.05) is 6.54 Å². The molecule has 0 saturated heterocycles. The molecule has 0 radical (unpaired) electrons. The SMILES string of the molecule is O=C(CNC(=O)c1cccc([N+](=O)[O-])c1)NC(c1ccc(Cl)cc1)c1cccs1. The van der Waals surface area contributed by atoms with Gasteiger partial charge in [-0.25, -0.2) is 0 Å². The minimum atomic E-state index is -0.582. The van der Waals surface area contributed by atoms with Crippen LogP contribution in [0.15, 0.2) is 66.0 Å². The fraction of sp³-hybridized carbons (Fsp3) is 0.100. The lowest BCUT2D eigenvalue weighted by atomic mass is 10.1. The number of carbonyl (C=O) groups excluding carboxylic acids is 2. The summed E-state index contributed by atoms with van der Waals surface area (Å²) in [6, 6.07) is 15.9. The topological polar surface area (TPSA) is 101 Å². The first-order valence-corrected chi connectivity index (χ1v) is 9.80. The molecule has 7 nitrogen and oxygen atoms in total. The number of thiophene rings is 1. The number of halogens is 1. The van der Waals surface area contributed by atoms with Crippen molar-refractivity contribution < 1.29 is 14.5 Å². The predicted molar refractivity (Wildman–Crippen MR) is 111 cm³/mol. The second kappa shape index (κ2) is 9.31. The zero-order valence-electron chi connectivity index (χ0n) is 15.0. The first-order valence-electron chi connectivity index (χ1n) is 8.55. The van der Waals surface area contributed by atoms with Crippen molar-refractivity contribution >= 4 is 40.4 Å². The van der Waals surface area contributed by atoms with Gasteiger partial charge >= 0.3 is 0 Å². The van der Waals surface area contributed by atoms with E-state index in [2.05, 4.69) is 10.6 Å². The zero-order chi connectivity index (χ0) is 20.8. The zero-order valence-corrected chi connectivity index (χ0v) is 16.6. The van der Waals surface area contributed by atoms with Crippen molar-refractivity contribution in [3.8, 4) is 0 Å². The molecule has 0 aliphatic rings. The number of non-ortho nitro benzene ring substituents is 1. The van der Waals surface area contributed by atoms with Gasteiger partial charge in [-0.3, -0.25) is 19.7 Å². The van der Waals surface area contributed by atoms with Crippen molar-refractivity contribution in [2.24, 2.45) is 0 Å². The largest absolute Gasteiger partial charge is 0.343 e. The third-order valence-corrected chi connectivity index (χ3v) is 5.25. The van der Waals surface area contributed by atoms with E-state index in [1.54, 1.807) is 12.1 Å². The number of hydrogen-bond acceptors (Lipinski definition) is 5. The van der Waals surface area contributed by atoms with E-state index in [4.69, 9.17) is 11.6 Å². The lowest BCUT2D eigenvalue weighted by Crippen LogP contribution is -2.38. The number of amides is 2. The molecule has 3 aromatic rings. The molecule has 1 unspecified atom stereocenters. The molecule has 0 aliphatic heterocycles. The number of nitro groups is 1. The van der Waals surface area contributed by atoms with Crippen molar-refractivity contribution in [1.29, 1.82) is 0 Å². The Labute approximate surface area is 175 Å². The summed E-state index contributed by atoms with van der Waals surface area (Å²) in [5.41, 5.74) is 0.775. The van der Waals surface area contributed by atoms with E-state index in [0.29, 0.717) is 5.02 Å². The first-order chi connectivity index (χ1) is 13.9. The molecule has 2 N–H and O–H groups in total. The molecule has 1 atom stereocenters. The highest BCUT2D eigenvalue weighted by atomic mass is 35.5. The Morgan fingerprint density at radius 3 is 2.52 bits per heavy atom. The van der Waals surface area contributed by atoms with E-state index in [1.165, 1.54) is 29.5 Å². The maximum Gasteiger partial charge on any atom is 0.270 e. The van der Waals surface area contributed by atoms with Gasteiger partial charge in [-0.05, 0) is 35.2 Å². The minimum absolute atomic E-state index is 0.111. The van der Waals surface area contributed by atoms with Crippen LogP contribution in [-0.2, 0) is 4.79 Å². The molecule has 1 heterocycles. The van der Waals surface area contributed by atoms with Gasteiger partial charge in [0.2, 0.25) is 5.91 Å². The normalized spacial score (nSPS) is 11.5. The number of rotatable bonds is 7. The summed E-state index contributed by atoms with van der Waals surface area (Å²) >= 11 is 7.44. The van der Waals surface area contributed by atoms with Crippen LogP contribution in [-0.4, -0.2) is 23.3 Å². The number of hydrogen-bond donors (Lipinski definition) is 2. The minimum Gasteiger partial charge on any atom is -0.343 e. The fourth-order valence-corrected chi connectivity index (χ4v) is 3.59. The van der Waals surface area contributed by atoms with Gasteiger partial charge < -0.3 is 10.6 Å². The Morgan fingerprint density at radius 1 is 1.10 bits per heavy atom. The van der Waals surface area contributed by atoms with Gasteiger partial charge in [0, 0.05) is 27.6 Å². The van der Waals surface area contributed by atoms with Gasteiger partial charge in [-0.15, -0.1) is 11.3 Å². The quantitative estimate of drug-likeness (QED) is 0.438. The van der Waals surface area contributed by atoms with E-state index < -0.39 is 16.7 Å². The Morgan fingerprint density at radius 2 is 1.86 bits per heavy atom. The summed E-state index contributed by atoms with van der Waals surface area (Å²) in [4.78, 5) is 35.9. The van der Waals surface area contributed by atoms with Gasteiger partial charge in [0.15, 0.2) is 0 Å². The Hall–Kier alpha value is -3.23. The summed E-state index contributed by atoms with van der Waals surface area (Å²) < 4.78 is 0. The third-order valence-electron chi connectivity index (χ3n) is 4.07. The highest BCUT2D eigenvalue weighted by Crippen LogP contribution is 2.27. The van der Waals surface area contributed by atoms with Crippen molar-refractivity contribution in [3.05, 3.63) is 97.2 Å². The van der Waals surface area contributed by atoms with Crippen LogP contribution in [0.2, 0.25) is 5.02 Å². The molecule has 3 rings (SSSR count). The summed E-state index contributed by atoms with van der Waals surface area (Å²) in [6.07, 6.45) is 0. The molecular formula is C20H16ClN3O4S. The maximum absolute atomic E-state index is 12.4. The average molecular weight is 430 g/mol. The van der Waals surface area contributed by atoms with Gasteiger partial charge in [0.25, 0.3) is 11.6 Å². The van der Waals surface area contributed by atoms with E-state index in [0.717, 1.165) is 16.5 Å². The monoisotopic (exact) mass is 429 g/mol. The van der Waals surface area contributed by atoms with Crippen molar-refractivity contribution in [2.45, 2.75) is 6.04 Å². The Balaban J connectivity index is 1.66. The molecule has 0 spiro atoms. The smallest absolute Gasteiger partial charge is 0.270 e. The molecule has 2 aromatic carbocycles. The molecular weight excluding hydrogens is 414 g/mol. The molecule has 1 aromatic heterocycles. The van der Waals surface area contributed by atoms with Crippen LogP contribution in [0, 0.1) is 10.1 Å². The van der Waals surface area contributed by atoms with Crippen LogP contribution >= 0.6 is 22.9 Å². The third kappa shape index (κ3) is 5.40. The summed E-state index contributed by atoms with van der Waals surface area (Å²) in [7, 11) is 0. The Kier molecular flexibility index (Phi) is 6.58. The molecule has 9 heteroatoms. The van der Waals surface area contributed by atoms with Crippen LogP contribution in [0.5, 0.6) is 0 Å². The maximum atomic E-state index is 12.4. The second-order valence-electron chi connectivity index (χ2n) is 6.06. The highest BCUT2D eigenvalue weighted by molar-refractivity contribution is 7.10. The van der Waals surface area contributed by atoms with Crippen LogP contribution in [0.25, 0.3) is 0 Å². The second-order valence-corrected chi connectivity index (χ2v) is 7.47. The van der Waals surface area contributed by atoms with Crippen LogP contribution in [0.4, 0.5) is 5.69 Å². The molecule has 2 amide bonds. The van der Waals surface area contributed by atoms with Gasteiger partial charge in [0.1, 0.15) is 0 Å². The van der Waals surface area contributed by atoms with E-state index >= 15 is 0 Å². The lowest BCUT2D eigenvalue weighted by molar-refractivity contribution is -0.384. The summed E-state index contributed by atoms with van der Waals surface area (Å²) in [6.45, 7) is -0.267. The number of carbonyl (C=O) groups is 2. The van der Waals surface area contributed by atoms with E-state index in [9.17, 15) is 19.7 Å². The van der Waals surface area contributed by atoms with Crippen LogP contribution < -0.4 is 10.6 Å². The molecule has 0 aliphatic carbocycles. The lowest BCUT2D eigenvalue weighted by Gasteiger charge is -2.18. The van der Waals surface area contributed by atoms with Crippen molar-refractivity contribution in [3.63, 3.8) is 0 Å². The van der Waals surface area contributed by atoms with Crippen LogP contribution in [0.1, 0.15) is 26.8 Å². The summed E-state index contributed by atoms with van der Waals surface area (Å²) in [5, 5.41) is 18.7. The summed E-state index contributed by atoms with van der Waals surface area (Å²) in [5.74, 6) is -0.958. The number of nitro benzene ring substituents is 1. The van der Waals surface area contributed by atoms with Gasteiger partial charge in [-0.2, -0.15) is 0 Å². The van der Waals surface area contributed by atoms with E-state index in [1.807, 2.05) is 29.6 Å². The Bertz CT molecular complexity index is 1020. The number of nitrogens with zero attached hydrogens (tertiary/aromatic N) is 1. The number of nitrogens with one attached hydrogen (secondary N) is 2. The van der Waals surface area contributed by atoms with Crippen molar-refractivity contribution in [1.82, 2.24) is 10.6 Å². The number of benzene rings is 2. The van der Waals surface area contributed by atoms with Gasteiger partial charge in [-0.1, -0.05) is 35.9 Å². The molecule has 0 saturated carbocycles. The van der Waals surface area contributed by atoms with Crippen LogP contribution in [0.3, 0.4) is 0 Å². The molecule has 0 bridgehead atoms. The molecule has 0 fully saturated rings. The standard InChI is InChI=1S/C20H16ClN3O4S/c21-15-8-6-13(7-9-15)19(17-5-2-10-29-17)23-18(25)12-22-20(26)14-3-1-4-16(11-14)24(27)28/h1-11,19H,12H2,(H,22,26)(H,23,25). The highest BCUT2D eigenvalue weighted by Gasteiger charge is 2.19.